The lowest BCUT2D eigenvalue weighted by atomic mass is 10.2. The predicted molar refractivity (Wildman–Crippen MR) is 104 cm³/mol. The van der Waals surface area contributed by atoms with Crippen LogP contribution >= 0.6 is 0 Å². The van der Waals surface area contributed by atoms with E-state index in [2.05, 4.69) is 10.6 Å². The fraction of sp³-hybridized carbons (Fsp3) is 0.222. The second kappa shape index (κ2) is 9.52. The fourth-order valence-corrected chi connectivity index (χ4v) is 2.91. The van der Waals surface area contributed by atoms with Gasteiger partial charge in [0.15, 0.2) is 16.4 Å². The van der Waals surface area contributed by atoms with Crippen molar-refractivity contribution < 1.29 is 22.9 Å². The van der Waals surface area contributed by atoms with Crippen molar-refractivity contribution in [1.82, 2.24) is 5.32 Å². The third-order valence-corrected chi connectivity index (χ3v) is 4.82. The number of nitro benzene ring substituents is 1. The van der Waals surface area contributed by atoms with Crippen LogP contribution in [0.5, 0.6) is 5.75 Å². The first-order valence-corrected chi connectivity index (χ1v) is 10.2. The van der Waals surface area contributed by atoms with Gasteiger partial charge in [0.1, 0.15) is 11.4 Å². The molecular weight excluding hydrogens is 400 g/mol. The Morgan fingerprint density at radius 1 is 1.21 bits per heavy atom. The Bertz CT molecular complexity index is 1050. The predicted octanol–water partition coefficient (Wildman–Crippen LogP) is 1.48. The standard InChI is InChI=1S/C18H18N4O6S/c1-29(26,27)15-6-7-16(17(10-15)22(24)25)20-8-9-21-18(23)12-28-14-4-2-13(11-19)3-5-14/h2-7,10,20H,8-9,12H2,1H3,(H,21,23). The van der Waals surface area contributed by atoms with Crippen LogP contribution in [0.2, 0.25) is 0 Å². The summed E-state index contributed by atoms with van der Waals surface area (Å²) in [5.74, 6) is 0.0527. The normalized spacial score (nSPS) is 10.6. The summed E-state index contributed by atoms with van der Waals surface area (Å²) < 4.78 is 28.4. The number of nitriles is 1. The highest BCUT2D eigenvalue weighted by Crippen LogP contribution is 2.27. The Balaban J connectivity index is 1.82. The maximum atomic E-state index is 11.8. The molecule has 0 atom stereocenters. The second-order valence-corrected chi connectivity index (χ2v) is 7.93. The van der Waals surface area contributed by atoms with Gasteiger partial charge < -0.3 is 15.4 Å². The largest absolute Gasteiger partial charge is 0.484 e. The average molecular weight is 418 g/mol. The van der Waals surface area contributed by atoms with E-state index < -0.39 is 20.7 Å². The molecule has 0 aliphatic heterocycles. The van der Waals surface area contributed by atoms with Gasteiger partial charge in [0.25, 0.3) is 11.6 Å². The summed E-state index contributed by atoms with van der Waals surface area (Å²) in [6, 6.07) is 11.8. The summed E-state index contributed by atoms with van der Waals surface area (Å²) in [5, 5.41) is 25.3. The third kappa shape index (κ3) is 6.47. The molecule has 2 rings (SSSR count). The summed E-state index contributed by atoms with van der Waals surface area (Å²) in [6.07, 6.45) is 0.967. The maximum Gasteiger partial charge on any atom is 0.293 e. The van der Waals surface area contributed by atoms with Crippen molar-refractivity contribution >= 4 is 27.1 Å². The van der Waals surface area contributed by atoms with Crippen LogP contribution in [0.15, 0.2) is 47.4 Å². The second-order valence-electron chi connectivity index (χ2n) is 5.91. The number of nitrogens with one attached hydrogen (secondary N) is 2. The van der Waals surface area contributed by atoms with E-state index >= 15 is 0 Å². The molecule has 0 bridgehead atoms. The van der Waals surface area contributed by atoms with Crippen molar-refractivity contribution in [3.63, 3.8) is 0 Å². The zero-order valence-corrected chi connectivity index (χ0v) is 16.2. The Morgan fingerprint density at radius 3 is 2.48 bits per heavy atom. The van der Waals surface area contributed by atoms with Crippen LogP contribution in [0.1, 0.15) is 5.56 Å². The van der Waals surface area contributed by atoms with E-state index in [-0.39, 0.29) is 36.0 Å². The number of anilines is 1. The van der Waals surface area contributed by atoms with E-state index in [9.17, 15) is 23.3 Å². The molecule has 152 valence electrons. The van der Waals surface area contributed by atoms with E-state index in [4.69, 9.17) is 10.00 Å². The molecule has 0 spiro atoms. The van der Waals surface area contributed by atoms with Crippen molar-refractivity contribution in [2.45, 2.75) is 4.90 Å². The van der Waals surface area contributed by atoms with Crippen molar-refractivity contribution in [2.75, 3.05) is 31.3 Å². The number of nitro groups is 1. The number of rotatable bonds is 9. The lowest BCUT2D eigenvalue weighted by Crippen LogP contribution is -2.32. The molecular formula is C18H18N4O6S. The van der Waals surface area contributed by atoms with Gasteiger partial charge in [0.2, 0.25) is 0 Å². The van der Waals surface area contributed by atoms with Crippen molar-refractivity contribution in [3.8, 4) is 11.8 Å². The van der Waals surface area contributed by atoms with Gasteiger partial charge in [-0.3, -0.25) is 14.9 Å². The number of sulfone groups is 1. The minimum Gasteiger partial charge on any atom is -0.484 e. The van der Waals surface area contributed by atoms with Crippen molar-refractivity contribution in [2.24, 2.45) is 0 Å². The molecule has 0 unspecified atom stereocenters. The van der Waals surface area contributed by atoms with Gasteiger partial charge in [-0.05, 0) is 36.4 Å². The first-order chi connectivity index (χ1) is 13.7. The molecule has 10 nitrogen and oxygen atoms in total. The lowest BCUT2D eigenvalue weighted by Gasteiger charge is -2.10. The summed E-state index contributed by atoms with van der Waals surface area (Å²) in [5.41, 5.74) is 0.250. The number of hydrogen-bond acceptors (Lipinski definition) is 8. The Hall–Kier alpha value is -3.65. The SMILES string of the molecule is CS(=O)(=O)c1ccc(NCCNC(=O)COc2ccc(C#N)cc2)c([N+](=O)[O-])c1. The molecule has 0 fully saturated rings. The van der Waals surface area contributed by atoms with Crippen LogP contribution in [0.4, 0.5) is 11.4 Å². The molecule has 0 saturated heterocycles. The number of carbonyl (C=O) groups excluding carboxylic acids is 1. The zero-order chi connectivity index (χ0) is 21.4. The van der Waals surface area contributed by atoms with Crippen molar-refractivity contribution in [3.05, 3.63) is 58.1 Å². The van der Waals surface area contributed by atoms with Gasteiger partial charge in [0.05, 0.1) is 21.5 Å². The number of benzene rings is 2. The molecule has 11 heteroatoms. The number of amides is 1. The number of carbonyl (C=O) groups is 1. The molecule has 0 radical (unpaired) electrons. The molecule has 1 amide bonds. The minimum atomic E-state index is -3.56. The Morgan fingerprint density at radius 2 is 1.90 bits per heavy atom. The van der Waals surface area contributed by atoms with Gasteiger partial charge in [-0.15, -0.1) is 0 Å². The van der Waals surface area contributed by atoms with Crippen LogP contribution in [0.25, 0.3) is 0 Å². The van der Waals surface area contributed by atoms with E-state index in [1.807, 2.05) is 6.07 Å². The minimum absolute atomic E-state index is 0.144. The van der Waals surface area contributed by atoms with Crippen molar-refractivity contribution in [1.29, 1.82) is 5.26 Å². The third-order valence-electron chi connectivity index (χ3n) is 3.71. The van der Waals surface area contributed by atoms with Crippen LogP contribution in [-0.4, -0.2) is 45.2 Å². The van der Waals surface area contributed by atoms with E-state index in [1.165, 1.54) is 12.1 Å². The topological polar surface area (TPSA) is 151 Å². The van der Waals surface area contributed by atoms with Gasteiger partial charge in [-0.25, -0.2) is 8.42 Å². The summed E-state index contributed by atoms with van der Waals surface area (Å²) in [7, 11) is -3.56. The molecule has 2 aromatic carbocycles. The van der Waals surface area contributed by atoms with Gasteiger partial charge in [-0.1, -0.05) is 0 Å². The number of ether oxygens (including phenoxy) is 1. The van der Waals surface area contributed by atoms with Gasteiger partial charge in [-0.2, -0.15) is 5.26 Å². The number of nitrogens with zero attached hydrogens (tertiary/aromatic N) is 2. The Labute approximate surface area is 167 Å². The molecule has 0 aliphatic carbocycles. The zero-order valence-electron chi connectivity index (χ0n) is 15.4. The van der Waals surface area contributed by atoms with Crippen LogP contribution < -0.4 is 15.4 Å². The smallest absolute Gasteiger partial charge is 0.293 e. The number of hydrogen-bond donors (Lipinski definition) is 2. The quantitative estimate of drug-likeness (QED) is 0.353. The molecule has 0 aromatic heterocycles. The first-order valence-electron chi connectivity index (χ1n) is 8.33. The molecule has 0 heterocycles. The van der Waals surface area contributed by atoms with Gasteiger partial charge in [0, 0.05) is 25.4 Å². The molecule has 2 aromatic rings. The summed E-state index contributed by atoms with van der Waals surface area (Å²) >= 11 is 0. The molecule has 2 N–H and O–H groups in total. The van der Waals surface area contributed by atoms with E-state index in [0.29, 0.717) is 11.3 Å². The Kier molecular flexibility index (Phi) is 7.10. The molecule has 0 saturated carbocycles. The van der Waals surface area contributed by atoms with E-state index in [1.54, 1.807) is 24.3 Å². The first kappa shape index (κ1) is 21.6. The maximum absolute atomic E-state index is 11.8. The summed E-state index contributed by atoms with van der Waals surface area (Å²) in [4.78, 5) is 22.1. The highest BCUT2D eigenvalue weighted by Gasteiger charge is 2.18. The fourth-order valence-electron chi connectivity index (χ4n) is 2.27. The lowest BCUT2D eigenvalue weighted by molar-refractivity contribution is -0.384. The van der Waals surface area contributed by atoms with Crippen LogP contribution in [-0.2, 0) is 14.6 Å². The van der Waals surface area contributed by atoms with E-state index in [0.717, 1.165) is 12.3 Å². The summed E-state index contributed by atoms with van der Waals surface area (Å²) in [6.45, 7) is 0.122. The molecule has 0 aliphatic rings. The van der Waals surface area contributed by atoms with Crippen LogP contribution in [0.3, 0.4) is 0 Å². The monoisotopic (exact) mass is 418 g/mol. The molecule has 29 heavy (non-hydrogen) atoms. The highest BCUT2D eigenvalue weighted by molar-refractivity contribution is 7.90. The highest BCUT2D eigenvalue weighted by atomic mass is 32.2. The van der Waals surface area contributed by atoms with Gasteiger partial charge >= 0.3 is 0 Å². The van der Waals surface area contributed by atoms with Crippen LogP contribution in [0, 0.1) is 21.4 Å². The average Bonchev–Trinajstić information content (AvgIpc) is 2.69.